The maximum atomic E-state index is 12.6. The Labute approximate surface area is 171 Å². The molecule has 0 aliphatic heterocycles. The molecule has 4 saturated carbocycles. The van der Waals surface area contributed by atoms with E-state index in [1.165, 1.54) is 44.1 Å². The van der Waals surface area contributed by atoms with Crippen LogP contribution in [0.15, 0.2) is 22.8 Å². The Hall–Kier alpha value is -2.30. The lowest BCUT2D eigenvalue weighted by molar-refractivity contribution is -0.134. The first-order valence-electron chi connectivity index (χ1n) is 10.9. The van der Waals surface area contributed by atoms with E-state index < -0.39 is 0 Å². The van der Waals surface area contributed by atoms with Gasteiger partial charge in [-0.3, -0.25) is 20.4 Å². The fourth-order valence-corrected chi connectivity index (χ4v) is 6.77. The zero-order valence-corrected chi connectivity index (χ0v) is 17.3. The smallest absolute Gasteiger partial charge is 0.242 e. The first-order valence-corrected chi connectivity index (χ1v) is 10.9. The van der Waals surface area contributed by atoms with Gasteiger partial charge in [-0.15, -0.1) is 0 Å². The molecular formula is C24H30N2O3. The molecule has 2 amide bonds. The zero-order chi connectivity index (χ0) is 20.2. The predicted octanol–water partition coefficient (Wildman–Crippen LogP) is 4.35. The highest BCUT2D eigenvalue weighted by Gasteiger charge is 2.51. The van der Waals surface area contributed by atoms with Gasteiger partial charge < -0.3 is 4.42 Å². The molecule has 4 fully saturated rings. The second-order valence-electron chi connectivity index (χ2n) is 10.0. The Morgan fingerprint density at radius 2 is 1.62 bits per heavy atom. The summed E-state index contributed by atoms with van der Waals surface area (Å²) >= 11 is 0. The van der Waals surface area contributed by atoms with Crippen molar-refractivity contribution in [2.45, 2.75) is 65.2 Å². The van der Waals surface area contributed by atoms with Gasteiger partial charge >= 0.3 is 0 Å². The standard InChI is InChI=1S/C24H30N2O3/c1-14-3-4-20-19(13-29-23(20)15(14)2)8-21(27)25-26-22(28)12-24-9-16-5-17(10-24)7-18(6-16)11-24/h3-4,13,16-18H,5-12H2,1-2H3,(H,25,27)(H,26,28). The molecule has 0 saturated heterocycles. The van der Waals surface area contributed by atoms with Gasteiger partial charge in [0.05, 0.1) is 12.7 Å². The van der Waals surface area contributed by atoms with E-state index in [1.807, 2.05) is 26.0 Å². The van der Waals surface area contributed by atoms with Gasteiger partial charge in [-0.2, -0.15) is 0 Å². The number of hydrogen-bond acceptors (Lipinski definition) is 3. The number of rotatable bonds is 4. The summed E-state index contributed by atoms with van der Waals surface area (Å²) in [6.07, 6.45) is 10.1. The summed E-state index contributed by atoms with van der Waals surface area (Å²) in [5, 5.41) is 0.961. The van der Waals surface area contributed by atoms with Crippen LogP contribution in [0.5, 0.6) is 0 Å². The van der Waals surface area contributed by atoms with Crippen LogP contribution in [0.2, 0.25) is 0 Å². The third kappa shape index (κ3) is 3.45. The number of hydrazine groups is 1. The minimum Gasteiger partial charge on any atom is -0.464 e. The molecule has 0 radical (unpaired) electrons. The van der Waals surface area contributed by atoms with Crippen molar-refractivity contribution in [2.75, 3.05) is 0 Å². The van der Waals surface area contributed by atoms with Crippen molar-refractivity contribution in [1.82, 2.24) is 10.9 Å². The minimum absolute atomic E-state index is 0.0520. The zero-order valence-electron chi connectivity index (χ0n) is 17.3. The second kappa shape index (κ2) is 6.89. The molecule has 6 rings (SSSR count). The van der Waals surface area contributed by atoms with Crippen LogP contribution in [-0.4, -0.2) is 11.8 Å². The summed E-state index contributed by atoms with van der Waals surface area (Å²) in [6, 6.07) is 4.04. The Balaban J connectivity index is 1.17. The minimum atomic E-state index is -0.218. The average Bonchev–Trinajstić information content (AvgIpc) is 3.05. The molecule has 0 atom stereocenters. The molecule has 29 heavy (non-hydrogen) atoms. The Kier molecular flexibility index (Phi) is 4.45. The fourth-order valence-electron chi connectivity index (χ4n) is 6.77. The van der Waals surface area contributed by atoms with Gasteiger partial charge in [0.2, 0.25) is 11.8 Å². The molecule has 4 aliphatic carbocycles. The Morgan fingerprint density at radius 1 is 1.00 bits per heavy atom. The highest BCUT2D eigenvalue weighted by molar-refractivity contribution is 5.90. The molecule has 2 aromatic rings. The third-order valence-electron chi connectivity index (χ3n) is 7.73. The largest absolute Gasteiger partial charge is 0.464 e. The van der Waals surface area contributed by atoms with Crippen LogP contribution in [0.3, 0.4) is 0 Å². The lowest BCUT2D eigenvalue weighted by Gasteiger charge is -2.56. The first-order chi connectivity index (χ1) is 13.9. The van der Waals surface area contributed by atoms with Crippen LogP contribution in [-0.2, 0) is 16.0 Å². The van der Waals surface area contributed by atoms with Crippen molar-refractivity contribution >= 4 is 22.8 Å². The molecule has 5 heteroatoms. The first kappa shape index (κ1) is 18.7. The van der Waals surface area contributed by atoms with E-state index in [0.29, 0.717) is 6.42 Å². The monoisotopic (exact) mass is 394 g/mol. The molecule has 1 aromatic heterocycles. The molecule has 0 spiro atoms. The lowest BCUT2D eigenvalue weighted by atomic mass is 9.49. The van der Waals surface area contributed by atoms with E-state index in [-0.39, 0.29) is 23.7 Å². The van der Waals surface area contributed by atoms with Crippen LogP contribution in [0.1, 0.15) is 61.6 Å². The second-order valence-corrected chi connectivity index (χ2v) is 10.0. The van der Waals surface area contributed by atoms with E-state index in [0.717, 1.165) is 39.8 Å². The van der Waals surface area contributed by atoms with Crippen molar-refractivity contribution in [3.8, 4) is 0 Å². The van der Waals surface area contributed by atoms with Crippen molar-refractivity contribution in [3.63, 3.8) is 0 Å². The van der Waals surface area contributed by atoms with Gasteiger partial charge in [-0.25, -0.2) is 0 Å². The maximum Gasteiger partial charge on any atom is 0.242 e. The SMILES string of the molecule is Cc1ccc2c(CC(=O)NNC(=O)CC34CC5CC(CC(C5)C3)C4)coc2c1C. The number of aryl methyl sites for hydroxylation is 2. The Bertz CT molecular complexity index is 939. The molecule has 2 N–H and O–H groups in total. The molecule has 4 bridgehead atoms. The van der Waals surface area contributed by atoms with E-state index in [9.17, 15) is 9.59 Å². The summed E-state index contributed by atoms with van der Waals surface area (Å²) in [6.45, 7) is 4.07. The number of fused-ring (bicyclic) bond motifs is 1. The Morgan fingerprint density at radius 3 is 2.28 bits per heavy atom. The highest BCUT2D eigenvalue weighted by Crippen LogP contribution is 2.61. The molecule has 1 heterocycles. The number of nitrogens with one attached hydrogen (secondary N) is 2. The van der Waals surface area contributed by atoms with Crippen LogP contribution in [0, 0.1) is 37.0 Å². The fraction of sp³-hybridized carbons (Fsp3) is 0.583. The lowest BCUT2D eigenvalue weighted by Crippen LogP contribution is -2.50. The van der Waals surface area contributed by atoms with Gasteiger partial charge in [0.1, 0.15) is 5.58 Å². The van der Waals surface area contributed by atoms with Crippen LogP contribution >= 0.6 is 0 Å². The van der Waals surface area contributed by atoms with Crippen LogP contribution in [0.25, 0.3) is 11.0 Å². The maximum absolute atomic E-state index is 12.6. The number of carbonyl (C=O) groups is 2. The molecular weight excluding hydrogens is 364 g/mol. The van der Waals surface area contributed by atoms with Gasteiger partial charge in [-0.05, 0) is 86.7 Å². The number of hydrogen-bond donors (Lipinski definition) is 2. The topological polar surface area (TPSA) is 71.3 Å². The summed E-state index contributed by atoms with van der Waals surface area (Å²) in [7, 11) is 0. The molecule has 5 nitrogen and oxygen atoms in total. The van der Waals surface area contributed by atoms with Crippen molar-refractivity contribution < 1.29 is 14.0 Å². The van der Waals surface area contributed by atoms with Gasteiger partial charge in [0.25, 0.3) is 0 Å². The van der Waals surface area contributed by atoms with Gasteiger partial charge in [0, 0.05) is 17.4 Å². The molecule has 1 aromatic carbocycles. The predicted molar refractivity (Wildman–Crippen MR) is 111 cm³/mol. The van der Waals surface area contributed by atoms with E-state index in [4.69, 9.17) is 4.42 Å². The number of carbonyl (C=O) groups excluding carboxylic acids is 2. The van der Waals surface area contributed by atoms with E-state index in [2.05, 4.69) is 10.9 Å². The molecule has 154 valence electrons. The van der Waals surface area contributed by atoms with Crippen molar-refractivity contribution in [1.29, 1.82) is 0 Å². The molecule has 4 aliphatic rings. The number of furan rings is 1. The summed E-state index contributed by atoms with van der Waals surface area (Å²) in [5.74, 6) is 2.20. The quantitative estimate of drug-likeness (QED) is 0.758. The molecule has 0 unspecified atom stereocenters. The normalized spacial score (nSPS) is 29.9. The van der Waals surface area contributed by atoms with E-state index in [1.54, 1.807) is 6.26 Å². The number of benzene rings is 1. The summed E-state index contributed by atoms with van der Waals surface area (Å²) < 4.78 is 5.68. The van der Waals surface area contributed by atoms with Crippen molar-refractivity contribution in [2.24, 2.45) is 23.2 Å². The number of amides is 2. The van der Waals surface area contributed by atoms with Crippen LogP contribution < -0.4 is 10.9 Å². The average molecular weight is 395 g/mol. The summed E-state index contributed by atoms with van der Waals surface area (Å²) in [4.78, 5) is 25.0. The van der Waals surface area contributed by atoms with Crippen LogP contribution in [0.4, 0.5) is 0 Å². The van der Waals surface area contributed by atoms with E-state index >= 15 is 0 Å². The third-order valence-corrected chi connectivity index (χ3v) is 7.73. The highest BCUT2D eigenvalue weighted by atomic mass is 16.3. The van der Waals surface area contributed by atoms with Gasteiger partial charge in [-0.1, -0.05) is 12.1 Å². The summed E-state index contributed by atoms with van der Waals surface area (Å²) in [5.41, 5.74) is 9.40. The van der Waals surface area contributed by atoms with Crippen molar-refractivity contribution in [3.05, 3.63) is 35.1 Å². The van der Waals surface area contributed by atoms with Gasteiger partial charge in [0.15, 0.2) is 0 Å².